The second-order valence-electron chi connectivity index (χ2n) is 11.2. The van der Waals surface area contributed by atoms with Crippen LogP contribution >= 0.6 is 0 Å². The molecule has 1 saturated heterocycles. The number of fused-ring (bicyclic) bond motifs is 6. The first-order valence-electron chi connectivity index (χ1n) is 14.0. The van der Waals surface area contributed by atoms with E-state index in [1.807, 2.05) is 50.8 Å². The van der Waals surface area contributed by atoms with Gasteiger partial charge in [-0.1, -0.05) is 37.8 Å². The first kappa shape index (κ1) is 27.4. The first-order valence-corrected chi connectivity index (χ1v) is 14.0. The Morgan fingerprint density at radius 2 is 1.93 bits per heavy atom. The standard InChI is InChI=1S/C30H32FN9O2/c1-6-24(41)39-18(4)14-37(15-19(39)5)28-21-13-22(31)26-23-16-38(36-35-23)12-8-7-9-20-10-11-32-25(17(2)3)27(20)40(29(21)33-26)30(42)34-28/h6-8,10-11,13,16-19H,1,9,12,14-15H2,2-5H3. The topological polar surface area (TPSA) is 115 Å². The average Bonchev–Trinajstić information content (AvgIpc) is 3.42. The van der Waals surface area contributed by atoms with Gasteiger partial charge in [-0.25, -0.2) is 23.4 Å². The van der Waals surface area contributed by atoms with Crippen LogP contribution in [0.25, 0.3) is 28.1 Å². The Balaban J connectivity index is 1.65. The summed E-state index contributed by atoms with van der Waals surface area (Å²) >= 11 is 0. The molecule has 12 heteroatoms. The van der Waals surface area contributed by atoms with Crippen molar-refractivity contribution < 1.29 is 9.18 Å². The van der Waals surface area contributed by atoms with Crippen molar-refractivity contribution in [1.82, 2.24) is 39.4 Å². The third kappa shape index (κ3) is 4.56. The largest absolute Gasteiger partial charge is 0.355 e. The van der Waals surface area contributed by atoms with Gasteiger partial charge in [0.1, 0.15) is 17.2 Å². The molecule has 11 nitrogen and oxygen atoms in total. The van der Waals surface area contributed by atoms with Crippen molar-refractivity contribution in [2.24, 2.45) is 0 Å². The predicted octanol–water partition coefficient (Wildman–Crippen LogP) is 3.42. The lowest BCUT2D eigenvalue weighted by molar-refractivity contribution is -0.130. The zero-order chi connectivity index (χ0) is 29.7. The normalized spacial score (nSPS) is 18.5. The fourth-order valence-electron chi connectivity index (χ4n) is 6.01. The van der Waals surface area contributed by atoms with Gasteiger partial charge in [-0.2, -0.15) is 4.98 Å². The number of rotatable bonds is 3. The molecule has 0 spiro atoms. The number of hydrogen-bond acceptors (Lipinski definition) is 8. The molecule has 0 saturated carbocycles. The summed E-state index contributed by atoms with van der Waals surface area (Å²) in [6, 6.07) is 2.86. The van der Waals surface area contributed by atoms with Crippen molar-refractivity contribution in [3.8, 4) is 17.1 Å². The van der Waals surface area contributed by atoms with Crippen LogP contribution in [0.2, 0.25) is 0 Å². The maximum Gasteiger partial charge on any atom is 0.355 e. The lowest BCUT2D eigenvalue weighted by atomic mass is 10.0. The van der Waals surface area contributed by atoms with E-state index >= 15 is 4.39 Å². The van der Waals surface area contributed by atoms with Crippen LogP contribution in [0, 0.1) is 5.82 Å². The van der Waals surface area contributed by atoms with E-state index in [0.717, 1.165) is 5.56 Å². The summed E-state index contributed by atoms with van der Waals surface area (Å²) < 4.78 is 19.0. The Kier molecular flexibility index (Phi) is 6.91. The predicted molar refractivity (Wildman–Crippen MR) is 157 cm³/mol. The molecule has 2 aliphatic heterocycles. The van der Waals surface area contributed by atoms with Gasteiger partial charge in [0.2, 0.25) is 5.91 Å². The molecule has 4 aromatic heterocycles. The highest BCUT2D eigenvalue weighted by atomic mass is 19.1. The lowest BCUT2D eigenvalue weighted by Gasteiger charge is -2.44. The fraction of sp³-hybridized carbons (Fsp3) is 0.367. The highest BCUT2D eigenvalue weighted by molar-refractivity contribution is 5.91. The van der Waals surface area contributed by atoms with Gasteiger partial charge in [-0.05, 0) is 50.0 Å². The molecule has 42 heavy (non-hydrogen) atoms. The average molecular weight is 570 g/mol. The molecule has 0 aliphatic carbocycles. The molecule has 2 aliphatic rings. The van der Waals surface area contributed by atoms with Crippen LogP contribution < -0.4 is 10.6 Å². The van der Waals surface area contributed by atoms with Gasteiger partial charge in [-0.3, -0.25) is 9.78 Å². The molecule has 0 aromatic carbocycles. The second-order valence-corrected chi connectivity index (χ2v) is 11.2. The number of aromatic nitrogens is 7. The zero-order valence-electron chi connectivity index (χ0n) is 24.0. The number of amides is 1. The van der Waals surface area contributed by atoms with Crippen LogP contribution in [0.3, 0.4) is 0 Å². The van der Waals surface area contributed by atoms with Crippen LogP contribution in [-0.2, 0) is 17.8 Å². The Bertz CT molecular complexity index is 1800. The first-order chi connectivity index (χ1) is 20.2. The minimum Gasteiger partial charge on any atom is -0.352 e. The van der Waals surface area contributed by atoms with Gasteiger partial charge in [0.15, 0.2) is 11.5 Å². The molecule has 1 amide bonds. The molecule has 0 N–H and O–H groups in total. The molecule has 6 rings (SSSR count). The van der Waals surface area contributed by atoms with Crippen LogP contribution in [0.5, 0.6) is 0 Å². The summed E-state index contributed by atoms with van der Waals surface area (Å²) in [7, 11) is 0. The Hall–Kier alpha value is -4.74. The molecule has 4 aromatic rings. The summed E-state index contributed by atoms with van der Waals surface area (Å²) in [6.45, 7) is 12.8. The lowest BCUT2D eigenvalue weighted by Crippen LogP contribution is -2.58. The molecule has 6 heterocycles. The SMILES string of the molecule is C=CC(=O)N1C(C)CN(c2nc(=O)n3c4nc(c(F)cc24)-c2cn(nn2)CC=CCc2ccnc(C(C)C)c2-3)CC1C. The minimum absolute atomic E-state index is 0.0121. The van der Waals surface area contributed by atoms with E-state index in [-0.39, 0.29) is 40.9 Å². The van der Waals surface area contributed by atoms with Crippen molar-refractivity contribution in [3.63, 3.8) is 0 Å². The zero-order valence-corrected chi connectivity index (χ0v) is 24.0. The van der Waals surface area contributed by atoms with E-state index in [1.165, 1.54) is 16.7 Å². The summed E-state index contributed by atoms with van der Waals surface area (Å²) in [4.78, 5) is 44.3. The monoisotopic (exact) mass is 569 g/mol. The van der Waals surface area contributed by atoms with E-state index in [0.29, 0.717) is 48.6 Å². The highest BCUT2D eigenvalue weighted by Crippen LogP contribution is 2.33. The third-order valence-electron chi connectivity index (χ3n) is 7.83. The molecule has 4 bridgehead atoms. The summed E-state index contributed by atoms with van der Waals surface area (Å²) in [6.07, 6.45) is 9.16. The van der Waals surface area contributed by atoms with Crippen molar-refractivity contribution in [2.75, 3.05) is 18.0 Å². The maximum absolute atomic E-state index is 15.9. The quantitative estimate of drug-likeness (QED) is 0.272. The molecule has 2 atom stereocenters. The number of piperazine rings is 1. The van der Waals surface area contributed by atoms with Crippen molar-refractivity contribution in [1.29, 1.82) is 0 Å². The van der Waals surface area contributed by atoms with E-state index < -0.39 is 11.5 Å². The number of halogens is 1. The molecule has 1 fully saturated rings. The van der Waals surface area contributed by atoms with Crippen LogP contribution in [-0.4, -0.2) is 70.5 Å². The van der Waals surface area contributed by atoms with Crippen molar-refractivity contribution in [2.45, 2.75) is 58.7 Å². The smallest absolute Gasteiger partial charge is 0.352 e. The Labute approximate surface area is 242 Å². The van der Waals surface area contributed by atoms with E-state index in [1.54, 1.807) is 22.0 Å². The Morgan fingerprint density at radius 1 is 1.17 bits per heavy atom. The number of allylic oxidation sites excluding steroid dienone is 2. The number of hydrogen-bond donors (Lipinski definition) is 0. The van der Waals surface area contributed by atoms with E-state index in [4.69, 9.17) is 4.98 Å². The number of carbonyl (C=O) groups excluding carboxylic acids is 1. The Morgan fingerprint density at radius 3 is 2.64 bits per heavy atom. The van der Waals surface area contributed by atoms with E-state index in [9.17, 15) is 9.59 Å². The molecule has 216 valence electrons. The van der Waals surface area contributed by atoms with E-state index in [2.05, 4.69) is 26.9 Å². The van der Waals surface area contributed by atoms with Gasteiger partial charge in [0.05, 0.1) is 29.5 Å². The minimum atomic E-state index is -0.606. The summed E-state index contributed by atoms with van der Waals surface area (Å²) in [5.74, 6) is -0.467. The van der Waals surface area contributed by atoms with Gasteiger partial charge in [0, 0.05) is 31.4 Å². The number of nitrogens with zero attached hydrogens (tertiary/aromatic N) is 9. The van der Waals surface area contributed by atoms with Crippen LogP contribution in [0.4, 0.5) is 10.2 Å². The number of carbonyl (C=O) groups is 1. The molecule has 2 unspecified atom stereocenters. The number of anilines is 1. The van der Waals surface area contributed by atoms with Gasteiger partial charge in [0.25, 0.3) is 0 Å². The van der Waals surface area contributed by atoms with Gasteiger partial charge < -0.3 is 9.80 Å². The summed E-state index contributed by atoms with van der Waals surface area (Å²) in [5, 5.41) is 8.67. The molecular weight excluding hydrogens is 537 g/mol. The number of pyridine rings is 2. The summed E-state index contributed by atoms with van der Waals surface area (Å²) in [5.41, 5.74) is 2.12. The van der Waals surface area contributed by atoms with Crippen LogP contribution in [0.15, 0.2) is 54.1 Å². The van der Waals surface area contributed by atoms with Crippen molar-refractivity contribution >= 4 is 22.8 Å². The maximum atomic E-state index is 15.9. The molecular formula is C30H32FN9O2. The van der Waals surface area contributed by atoms with Gasteiger partial charge in [-0.15, -0.1) is 5.10 Å². The third-order valence-corrected chi connectivity index (χ3v) is 7.83. The van der Waals surface area contributed by atoms with Crippen molar-refractivity contribution in [3.05, 3.63) is 76.9 Å². The highest BCUT2D eigenvalue weighted by Gasteiger charge is 2.34. The molecule has 0 radical (unpaired) electrons. The van der Waals surface area contributed by atoms with Gasteiger partial charge >= 0.3 is 5.69 Å². The van der Waals surface area contributed by atoms with Crippen LogP contribution in [0.1, 0.15) is 44.9 Å². The second kappa shape index (κ2) is 10.6. The fourth-order valence-corrected chi connectivity index (χ4v) is 6.01.